The van der Waals surface area contributed by atoms with Gasteiger partial charge in [-0.15, -0.1) is 21.6 Å². The van der Waals surface area contributed by atoms with Crippen molar-refractivity contribution in [3.63, 3.8) is 0 Å². The molecular formula is C35H63N2P. The summed E-state index contributed by atoms with van der Waals surface area (Å²) in [5.74, 6) is 3.32. The Morgan fingerprint density at radius 1 is 1.05 bits per heavy atom. The van der Waals surface area contributed by atoms with Crippen molar-refractivity contribution >= 4 is 9.24 Å². The summed E-state index contributed by atoms with van der Waals surface area (Å²) in [6.07, 6.45) is 28.0. The molecule has 1 aromatic carbocycles. The molecule has 38 heavy (non-hydrogen) atoms. The summed E-state index contributed by atoms with van der Waals surface area (Å²) in [6.45, 7) is 12.6. The number of nitrogens with two attached hydrogens (primary N) is 1. The Morgan fingerprint density at radius 3 is 2.21 bits per heavy atom. The van der Waals surface area contributed by atoms with Crippen LogP contribution in [0, 0.1) is 25.2 Å². The number of allylic oxidation sites excluding steroid dienone is 1. The molecule has 0 saturated heterocycles. The van der Waals surface area contributed by atoms with Gasteiger partial charge < -0.3 is 11.1 Å². The zero-order chi connectivity index (χ0) is 28.4. The number of benzene rings is 1. The van der Waals surface area contributed by atoms with Gasteiger partial charge in [0.1, 0.15) is 0 Å². The van der Waals surface area contributed by atoms with Gasteiger partial charge in [0.15, 0.2) is 0 Å². The smallest absolute Gasteiger partial charge is 0.0298 e. The molecule has 0 bridgehead atoms. The van der Waals surface area contributed by atoms with Crippen LogP contribution in [0.2, 0.25) is 0 Å². The van der Waals surface area contributed by atoms with Crippen LogP contribution < -0.4 is 11.1 Å². The molecule has 0 aliphatic heterocycles. The topological polar surface area (TPSA) is 38.0 Å². The molecule has 3 atom stereocenters. The fraction of sp³-hybridized carbons (Fsp3) is 0.714. The predicted molar refractivity (Wildman–Crippen MR) is 177 cm³/mol. The largest absolute Gasteiger partial charge is 0.386 e. The van der Waals surface area contributed by atoms with E-state index in [0.29, 0.717) is 12.1 Å². The third-order valence-electron chi connectivity index (χ3n) is 7.54. The summed E-state index contributed by atoms with van der Waals surface area (Å²) < 4.78 is 0. The van der Waals surface area contributed by atoms with Gasteiger partial charge in [-0.05, 0) is 70.0 Å². The number of terminal acetylenes is 1. The van der Waals surface area contributed by atoms with Gasteiger partial charge >= 0.3 is 0 Å². The molecule has 1 aromatic rings. The van der Waals surface area contributed by atoms with Gasteiger partial charge in [-0.1, -0.05) is 121 Å². The highest BCUT2D eigenvalue weighted by molar-refractivity contribution is 7.16. The van der Waals surface area contributed by atoms with Crippen molar-refractivity contribution in [3.8, 4) is 12.3 Å². The van der Waals surface area contributed by atoms with Gasteiger partial charge in [-0.2, -0.15) is 0 Å². The lowest BCUT2D eigenvalue weighted by molar-refractivity contribution is 0.286. The lowest BCUT2D eigenvalue weighted by Crippen LogP contribution is -2.30. The summed E-state index contributed by atoms with van der Waals surface area (Å²) in [7, 11) is 2.70. The quantitative estimate of drug-likeness (QED) is 0.104. The van der Waals surface area contributed by atoms with Crippen LogP contribution in [-0.2, 0) is 6.42 Å². The minimum absolute atomic E-state index is 0.368. The number of nitrogens with one attached hydrogen (secondary N) is 1. The van der Waals surface area contributed by atoms with E-state index < -0.39 is 0 Å². The van der Waals surface area contributed by atoms with Crippen LogP contribution in [0.25, 0.3) is 0 Å². The van der Waals surface area contributed by atoms with E-state index in [1.807, 2.05) is 0 Å². The van der Waals surface area contributed by atoms with Gasteiger partial charge in [-0.3, -0.25) is 0 Å². The van der Waals surface area contributed by atoms with E-state index in [4.69, 9.17) is 5.73 Å². The number of hydrogen-bond acceptors (Lipinski definition) is 2. The minimum Gasteiger partial charge on any atom is -0.386 e. The first-order chi connectivity index (χ1) is 18.4. The Kier molecular flexibility index (Phi) is 25.1. The molecule has 0 radical (unpaired) electrons. The molecule has 1 fully saturated rings. The van der Waals surface area contributed by atoms with E-state index in [1.54, 1.807) is 6.92 Å². The Morgan fingerprint density at radius 2 is 1.68 bits per heavy atom. The third kappa shape index (κ3) is 21.6. The second kappa shape index (κ2) is 26.0. The molecule has 2 unspecified atom stereocenters. The first-order valence-electron chi connectivity index (χ1n) is 15.7. The fourth-order valence-corrected chi connectivity index (χ4v) is 5.11. The molecule has 218 valence electrons. The standard InChI is InChI=1S/C28H48N2.C4H11P.C3H4/c1-4-27(29)16-9-10-17-28(22-26-20-18-23(2)19-21-26)30-24(3)12-7-5-6-8-13-25-14-11-15-25;1-2-3-4-5;1-3-2/h18-21,25,27-28,30H,3-17,22,29H2,1-2H3;2-5H2,1H3;1H,2H3/t27?,28-;;/m1../s1. The van der Waals surface area contributed by atoms with Crippen molar-refractivity contribution in [1.29, 1.82) is 0 Å². The molecule has 1 saturated carbocycles. The molecule has 3 N–H and O–H groups in total. The van der Waals surface area contributed by atoms with Crippen LogP contribution in [0.4, 0.5) is 0 Å². The number of hydrogen-bond donors (Lipinski definition) is 2. The van der Waals surface area contributed by atoms with Crippen LogP contribution in [0.1, 0.15) is 135 Å². The number of unbranched alkanes of at least 4 members (excludes halogenated alkanes) is 5. The van der Waals surface area contributed by atoms with E-state index >= 15 is 0 Å². The molecule has 2 nitrogen and oxygen atoms in total. The zero-order valence-corrected chi connectivity index (χ0v) is 26.9. The normalized spacial score (nSPS) is 14.0. The lowest BCUT2D eigenvalue weighted by atomic mass is 9.81. The zero-order valence-electron chi connectivity index (χ0n) is 25.7. The first kappa shape index (κ1) is 36.7. The minimum atomic E-state index is 0.368. The van der Waals surface area contributed by atoms with Gasteiger partial charge in [0.05, 0.1) is 0 Å². The lowest BCUT2D eigenvalue weighted by Gasteiger charge is -2.25. The SMILES string of the molecule is C#CC.C=C(CCCCCCC1CCC1)N[C@H](CCCCC(N)CC)Cc1ccc(C)cc1.CCCCP. The maximum atomic E-state index is 6.10. The molecule has 3 heteroatoms. The molecule has 1 aliphatic carbocycles. The molecule has 1 aliphatic rings. The number of aryl methyl sites for hydroxylation is 1. The van der Waals surface area contributed by atoms with Crippen LogP contribution in [0.15, 0.2) is 36.5 Å². The average molecular weight is 543 g/mol. The number of rotatable bonds is 19. The maximum Gasteiger partial charge on any atom is 0.0298 e. The second-order valence-corrected chi connectivity index (χ2v) is 11.8. The molecule has 0 amide bonds. The summed E-state index contributed by atoms with van der Waals surface area (Å²) in [6, 6.07) is 9.87. The summed E-state index contributed by atoms with van der Waals surface area (Å²) in [4.78, 5) is 0. The maximum absolute atomic E-state index is 6.10. The van der Waals surface area contributed by atoms with Crippen molar-refractivity contribution in [2.45, 2.75) is 149 Å². The third-order valence-corrected chi connectivity index (χ3v) is 7.94. The van der Waals surface area contributed by atoms with Crippen LogP contribution >= 0.6 is 9.24 Å². The van der Waals surface area contributed by atoms with Gasteiger partial charge in [0.25, 0.3) is 0 Å². The van der Waals surface area contributed by atoms with Crippen molar-refractivity contribution in [2.75, 3.05) is 6.16 Å². The van der Waals surface area contributed by atoms with E-state index in [9.17, 15) is 0 Å². The predicted octanol–water partition coefficient (Wildman–Crippen LogP) is 9.75. The Hall–Kier alpha value is -1.29. The molecular weight excluding hydrogens is 479 g/mol. The first-order valence-corrected chi connectivity index (χ1v) is 16.5. The molecule has 0 spiro atoms. The van der Waals surface area contributed by atoms with Crippen LogP contribution in [0.5, 0.6) is 0 Å². The molecule has 0 heterocycles. The summed E-state index contributed by atoms with van der Waals surface area (Å²) >= 11 is 0. The summed E-state index contributed by atoms with van der Waals surface area (Å²) in [5, 5.41) is 3.78. The molecule has 2 rings (SSSR count). The van der Waals surface area contributed by atoms with Crippen molar-refractivity contribution in [1.82, 2.24) is 5.32 Å². The Balaban J connectivity index is 0.00000150. The highest BCUT2D eigenvalue weighted by Gasteiger charge is 2.16. The van der Waals surface area contributed by atoms with Crippen LogP contribution in [-0.4, -0.2) is 18.2 Å². The van der Waals surface area contributed by atoms with Gasteiger partial charge in [-0.25, -0.2) is 0 Å². The van der Waals surface area contributed by atoms with E-state index in [0.717, 1.165) is 31.6 Å². The van der Waals surface area contributed by atoms with E-state index in [1.165, 1.54) is 106 Å². The van der Waals surface area contributed by atoms with E-state index in [-0.39, 0.29) is 0 Å². The fourth-order valence-electron chi connectivity index (χ4n) is 4.71. The van der Waals surface area contributed by atoms with Crippen molar-refractivity contribution in [3.05, 3.63) is 47.7 Å². The highest BCUT2D eigenvalue weighted by atomic mass is 31.0. The second-order valence-electron chi connectivity index (χ2n) is 11.3. The highest BCUT2D eigenvalue weighted by Crippen LogP contribution is 2.31. The average Bonchev–Trinajstić information content (AvgIpc) is 2.87. The van der Waals surface area contributed by atoms with Crippen molar-refractivity contribution in [2.24, 2.45) is 11.7 Å². The van der Waals surface area contributed by atoms with E-state index in [2.05, 4.69) is 78.5 Å². The Labute approximate surface area is 241 Å². The van der Waals surface area contributed by atoms with Crippen LogP contribution in [0.3, 0.4) is 0 Å². The monoisotopic (exact) mass is 542 g/mol. The van der Waals surface area contributed by atoms with Crippen molar-refractivity contribution < 1.29 is 0 Å². The Bertz CT molecular complexity index is 700. The van der Waals surface area contributed by atoms with Gasteiger partial charge in [0, 0.05) is 17.8 Å². The summed E-state index contributed by atoms with van der Waals surface area (Å²) in [5.41, 5.74) is 10.1. The molecule has 0 aromatic heterocycles. The van der Waals surface area contributed by atoms with Gasteiger partial charge in [0.2, 0.25) is 0 Å².